The van der Waals surface area contributed by atoms with Crippen molar-refractivity contribution in [3.8, 4) is 11.5 Å². The number of allylic oxidation sites excluding steroid dienone is 1. The van der Waals surface area contributed by atoms with Gasteiger partial charge in [0.15, 0.2) is 12.4 Å². The SMILES string of the molecule is CCOC(=O)C1CCCN(C(=O)COc2ccc3c(c2)O/C(=C\c2ccco2)C3=O)C1. The van der Waals surface area contributed by atoms with E-state index in [0.717, 1.165) is 6.42 Å². The Hall–Kier alpha value is -3.55. The molecule has 1 amide bonds. The quantitative estimate of drug-likeness (QED) is 0.518. The lowest BCUT2D eigenvalue weighted by Crippen LogP contribution is -2.44. The van der Waals surface area contributed by atoms with Gasteiger partial charge in [0.25, 0.3) is 5.91 Å². The number of carbonyl (C=O) groups is 3. The van der Waals surface area contributed by atoms with Gasteiger partial charge in [0, 0.05) is 25.2 Å². The van der Waals surface area contributed by atoms with Gasteiger partial charge in [-0.2, -0.15) is 0 Å². The van der Waals surface area contributed by atoms with Crippen LogP contribution in [0.5, 0.6) is 11.5 Å². The predicted molar refractivity (Wildman–Crippen MR) is 110 cm³/mol. The normalized spacial score (nSPS) is 19.1. The zero-order valence-corrected chi connectivity index (χ0v) is 17.2. The summed E-state index contributed by atoms with van der Waals surface area (Å²) in [6.07, 6.45) is 4.50. The molecule has 1 unspecified atom stereocenters. The van der Waals surface area contributed by atoms with Crippen LogP contribution in [0, 0.1) is 5.92 Å². The number of esters is 1. The van der Waals surface area contributed by atoms with E-state index in [4.69, 9.17) is 18.6 Å². The van der Waals surface area contributed by atoms with Crippen molar-refractivity contribution in [3.63, 3.8) is 0 Å². The van der Waals surface area contributed by atoms with E-state index < -0.39 is 0 Å². The van der Waals surface area contributed by atoms with Gasteiger partial charge in [0.1, 0.15) is 17.3 Å². The van der Waals surface area contributed by atoms with Gasteiger partial charge < -0.3 is 23.5 Å². The molecule has 162 valence electrons. The van der Waals surface area contributed by atoms with Gasteiger partial charge in [0.05, 0.1) is 24.4 Å². The average Bonchev–Trinajstić information content (AvgIpc) is 3.40. The number of ketones is 1. The molecule has 2 aromatic rings. The van der Waals surface area contributed by atoms with Crippen LogP contribution in [0.3, 0.4) is 0 Å². The highest BCUT2D eigenvalue weighted by Gasteiger charge is 2.30. The maximum absolute atomic E-state index is 12.6. The fraction of sp³-hybridized carbons (Fsp3) is 0.348. The third-order valence-corrected chi connectivity index (χ3v) is 5.21. The second-order valence-electron chi connectivity index (χ2n) is 7.33. The molecule has 0 spiro atoms. The number of ether oxygens (including phenoxy) is 3. The summed E-state index contributed by atoms with van der Waals surface area (Å²) < 4.78 is 21.6. The smallest absolute Gasteiger partial charge is 0.310 e. The average molecular weight is 425 g/mol. The minimum Gasteiger partial charge on any atom is -0.484 e. The van der Waals surface area contributed by atoms with Gasteiger partial charge in [-0.1, -0.05) is 0 Å². The molecule has 8 heteroatoms. The fourth-order valence-electron chi connectivity index (χ4n) is 3.65. The number of hydrogen-bond acceptors (Lipinski definition) is 7. The highest BCUT2D eigenvalue weighted by atomic mass is 16.5. The summed E-state index contributed by atoms with van der Waals surface area (Å²) in [5.41, 5.74) is 0.421. The summed E-state index contributed by atoms with van der Waals surface area (Å²) in [7, 11) is 0. The van der Waals surface area contributed by atoms with Crippen LogP contribution in [-0.2, 0) is 14.3 Å². The molecule has 1 fully saturated rings. The highest BCUT2D eigenvalue weighted by Crippen LogP contribution is 2.35. The van der Waals surface area contributed by atoms with Gasteiger partial charge in [-0.15, -0.1) is 0 Å². The minimum atomic E-state index is -0.295. The number of fused-ring (bicyclic) bond motifs is 1. The van der Waals surface area contributed by atoms with Crippen molar-refractivity contribution < 1.29 is 33.0 Å². The van der Waals surface area contributed by atoms with Crippen LogP contribution < -0.4 is 9.47 Å². The molecule has 1 aromatic heterocycles. The largest absolute Gasteiger partial charge is 0.484 e. The van der Waals surface area contributed by atoms with Crippen LogP contribution in [0.1, 0.15) is 35.9 Å². The molecule has 0 N–H and O–H groups in total. The molecule has 31 heavy (non-hydrogen) atoms. The number of nitrogens with zero attached hydrogens (tertiary/aromatic N) is 1. The van der Waals surface area contributed by atoms with Crippen molar-refractivity contribution in [1.29, 1.82) is 0 Å². The van der Waals surface area contributed by atoms with Crippen LogP contribution in [-0.4, -0.2) is 48.9 Å². The van der Waals surface area contributed by atoms with Crippen LogP contribution in [0.2, 0.25) is 0 Å². The van der Waals surface area contributed by atoms with Gasteiger partial charge in [-0.25, -0.2) is 0 Å². The molecule has 0 radical (unpaired) electrons. The lowest BCUT2D eigenvalue weighted by molar-refractivity contribution is -0.151. The fourth-order valence-corrected chi connectivity index (χ4v) is 3.65. The standard InChI is InChI=1S/C23H23NO7/c1-2-28-23(27)15-5-3-9-24(13-15)21(25)14-30-17-7-8-18-19(11-17)31-20(22(18)26)12-16-6-4-10-29-16/h4,6-8,10-12,15H,2-3,5,9,13-14H2,1H3/b20-12-. The van der Waals surface area contributed by atoms with E-state index in [2.05, 4.69) is 0 Å². The van der Waals surface area contributed by atoms with Crippen LogP contribution >= 0.6 is 0 Å². The molecule has 1 saturated heterocycles. The summed E-state index contributed by atoms with van der Waals surface area (Å²) in [6, 6.07) is 8.26. The molecular weight excluding hydrogens is 402 g/mol. The number of benzene rings is 1. The van der Waals surface area contributed by atoms with Crippen LogP contribution in [0.4, 0.5) is 0 Å². The van der Waals surface area contributed by atoms with Gasteiger partial charge in [0.2, 0.25) is 5.78 Å². The van der Waals surface area contributed by atoms with Crippen molar-refractivity contribution in [2.24, 2.45) is 5.92 Å². The van der Waals surface area contributed by atoms with Crippen LogP contribution in [0.15, 0.2) is 46.8 Å². The Labute approximate surface area is 179 Å². The summed E-state index contributed by atoms with van der Waals surface area (Å²) >= 11 is 0. The number of Topliss-reactive ketones (excluding diaryl/α,β-unsaturated/α-hetero) is 1. The second-order valence-corrected chi connectivity index (χ2v) is 7.33. The Morgan fingerprint density at radius 3 is 2.94 bits per heavy atom. The molecule has 0 aliphatic carbocycles. The van der Waals surface area contributed by atoms with E-state index in [1.54, 1.807) is 42.2 Å². The van der Waals surface area contributed by atoms with E-state index >= 15 is 0 Å². The van der Waals surface area contributed by atoms with Crippen molar-refractivity contribution in [2.75, 3.05) is 26.3 Å². The molecule has 0 bridgehead atoms. The summed E-state index contributed by atoms with van der Waals surface area (Å²) in [5, 5.41) is 0. The molecule has 0 saturated carbocycles. The predicted octanol–water partition coefficient (Wildman–Crippen LogP) is 3.08. The Bertz CT molecular complexity index is 1010. The molecule has 2 aliphatic rings. The number of carbonyl (C=O) groups excluding carboxylic acids is 3. The first-order chi connectivity index (χ1) is 15.0. The molecule has 3 heterocycles. The lowest BCUT2D eigenvalue weighted by atomic mass is 9.98. The molecule has 4 rings (SSSR count). The third-order valence-electron chi connectivity index (χ3n) is 5.21. The number of hydrogen-bond donors (Lipinski definition) is 0. The van der Waals surface area contributed by atoms with Gasteiger partial charge in [-0.3, -0.25) is 14.4 Å². The highest BCUT2D eigenvalue weighted by molar-refractivity contribution is 6.14. The Kier molecular flexibility index (Phi) is 6.06. The van der Waals surface area contributed by atoms with Crippen molar-refractivity contribution in [1.82, 2.24) is 4.90 Å². The number of furan rings is 1. The first-order valence-electron chi connectivity index (χ1n) is 10.2. The Balaban J connectivity index is 1.36. The summed E-state index contributed by atoms with van der Waals surface area (Å²) in [6.45, 7) is 2.84. The number of rotatable bonds is 6. The first-order valence-corrected chi connectivity index (χ1v) is 10.2. The molecule has 1 atom stereocenters. The monoisotopic (exact) mass is 425 g/mol. The first kappa shape index (κ1) is 20.7. The lowest BCUT2D eigenvalue weighted by Gasteiger charge is -2.31. The van der Waals surface area contributed by atoms with Crippen molar-refractivity contribution in [2.45, 2.75) is 19.8 Å². The van der Waals surface area contributed by atoms with Crippen molar-refractivity contribution in [3.05, 3.63) is 53.7 Å². The molecule has 8 nitrogen and oxygen atoms in total. The summed E-state index contributed by atoms with van der Waals surface area (Å²) in [4.78, 5) is 38.6. The van der Waals surface area contributed by atoms with E-state index in [9.17, 15) is 14.4 Å². The third kappa shape index (κ3) is 4.63. The van der Waals surface area contributed by atoms with E-state index in [1.165, 1.54) is 12.3 Å². The van der Waals surface area contributed by atoms with E-state index in [0.29, 0.717) is 48.9 Å². The topological polar surface area (TPSA) is 95.3 Å². The number of piperidine rings is 1. The maximum atomic E-state index is 12.6. The molecule has 2 aliphatic heterocycles. The van der Waals surface area contributed by atoms with E-state index in [1.807, 2.05) is 0 Å². The molecular formula is C23H23NO7. The van der Waals surface area contributed by atoms with E-state index in [-0.39, 0.29) is 35.9 Å². The summed E-state index contributed by atoms with van der Waals surface area (Å²) in [5.74, 6) is 0.456. The Morgan fingerprint density at radius 2 is 2.16 bits per heavy atom. The minimum absolute atomic E-state index is 0.163. The zero-order valence-electron chi connectivity index (χ0n) is 17.2. The maximum Gasteiger partial charge on any atom is 0.310 e. The molecule has 1 aromatic carbocycles. The van der Waals surface area contributed by atoms with Gasteiger partial charge in [-0.05, 0) is 44.0 Å². The van der Waals surface area contributed by atoms with Crippen molar-refractivity contribution >= 4 is 23.7 Å². The number of likely N-dealkylation sites (tertiary alicyclic amines) is 1. The zero-order chi connectivity index (χ0) is 21.8. The Morgan fingerprint density at radius 1 is 1.29 bits per heavy atom. The number of amides is 1. The second kappa shape index (κ2) is 9.07. The van der Waals surface area contributed by atoms with Gasteiger partial charge >= 0.3 is 5.97 Å². The van der Waals surface area contributed by atoms with Crippen LogP contribution in [0.25, 0.3) is 6.08 Å².